The number of aliphatic hydroxyl groups is 4. The molecule has 2 atom stereocenters. The monoisotopic (exact) mass is 449 g/mol. The van der Waals surface area contributed by atoms with Crippen molar-refractivity contribution in [3.63, 3.8) is 0 Å². The van der Waals surface area contributed by atoms with Crippen LogP contribution in [0.2, 0.25) is 0 Å². The molecule has 2 unspecified atom stereocenters. The number of rotatable bonds is 6. The zero-order chi connectivity index (χ0) is 24.3. The van der Waals surface area contributed by atoms with Crippen LogP contribution in [0.5, 0.6) is 34.5 Å². The molecule has 1 aromatic carbocycles. The first-order valence-corrected chi connectivity index (χ1v) is 8.36. The van der Waals surface area contributed by atoms with Gasteiger partial charge in [0, 0.05) is 7.05 Å². The quantitative estimate of drug-likeness (QED) is 0.120. The highest BCUT2D eigenvalue weighted by Crippen LogP contribution is 2.56. The maximum atomic E-state index is 11.8. The van der Waals surface area contributed by atoms with E-state index < -0.39 is 68.8 Å². The molecule has 0 amide bonds. The number of phenols is 5. The number of nitrogens with zero attached hydrogens (tertiary/aromatic N) is 2. The first-order chi connectivity index (χ1) is 13.9. The third-order valence-electron chi connectivity index (χ3n) is 4.67. The number of aromatic nitrogens is 2. The first-order valence-electron chi connectivity index (χ1n) is 8.36. The highest BCUT2D eigenvalue weighted by molar-refractivity contribution is 5.69. The largest absolute Gasteiger partial charge is 0.504 e. The van der Waals surface area contributed by atoms with E-state index in [1.807, 2.05) is 5.10 Å². The van der Waals surface area contributed by atoms with Gasteiger partial charge in [0.05, 0.1) is 0 Å². The predicted octanol–water partition coefficient (Wildman–Crippen LogP) is -2.93. The summed E-state index contributed by atoms with van der Waals surface area (Å²) in [4.78, 5) is 12.5. The molecule has 15 heteroatoms. The van der Waals surface area contributed by atoms with Gasteiger partial charge in [-0.15, -0.1) is 0 Å². The molecule has 0 aliphatic carbocycles. The summed E-state index contributed by atoms with van der Waals surface area (Å²) in [6, 6.07) is 0. The van der Waals surface area contributed by atoms with Crippen LogP contribution in [0.3, 0.4) is 0 Å². The van der Waals surface area contributed by atoms with Crippen molar-refractivity contribution < 1.29 is 55.8 Å². The molecule has 0 aliphatic rings. The number of ether oxygens (including phenoxy) is 1. The zero-order valence-electron chi connectivity index (χ0n) is 16.7. The smallest absolute Gasteiger partial charge is 0.306 e. The number of H-pyrrole nitrogens is 1. The number of aryl methyl sites for hydroxylation is 1. The van der Waals surface area contributed by atoms with Gasteiger partial charge in [-0.25, -0.2) is 0 Å². The molecule has 31 heavy (non-hydrogen) atoms. The van der Waals surface area contributed by atoms with Crippen molar-refractivity contribution >= 4 is 0 Å². The van der Waals surface area contributed by atoms with Crippen molar-refractivity contribution in [2.45, 2.75) is 24.4 Å². The van der Waals surface area contributed by atoms with Crippen molar-refractivity contribution in [2.24, 2.45) is 7.05 Å². The van der Waals surface area contributed by atoms with Crippen molar-refractivity contribution in [1.29, 1.82) is 0 Å². The van der Waals surface area contributed by atoms with E-state index in [4.69, 9.17) is 4.74 Å². The van der Waals surface area contributed by atoms with Crippen LogP contribution < -0.4 is 5.56 Å². The number of aromatic amines is 1. The average Bonchev–Trinajstić information content (AvgIpc) is 2.90. The molecular weight excluding hydrogens is 426 g/mol. The molecule has 1 aromatic heterocycles. The number of phenolic OH excluding ortho intramolecular Hbond substituents is 5. The van der Waals surface area contributed by atoms with Gasteiger partial charge in [0.25, 0.3) is 11.7 Å². The zero-order valence-corrected chi connectivity index (χ0v) is 16.7. The Labute approximate surface area is 173 Å². The molecule has 0 fully saturated rings. The normalized spacial score (nSPS) is 16.3. The Morgan fingerprint density at radius 1 is 0.839 bits per heavy atom. The Hall–Kier alpha value is -3.21. The van der Waals surface area contributed by atoms with Crippen LogP contribution in [-0.2, 0) is 17.6 Å². The molecule has 0 spiro atoms. The van der Waals surface area contributed by atoms with Crippen molar-refractivity contribution in [1.82, 2.24) is 14.7 Å². The van der Waals surface area contributed by atoms with Crippen LogP contribution in [0.15, 0.2) is 4.79 Å². The van der Waals surface area contributed by atoms with Gasteiger partial charge < -0.3 is 55.8 Å². The standard InChI is InChI=1S/C16H23N3O12/c1-14(27,16(29,30)18(2)3)31-15(28,12-11(25)13(26)17-19(12)4)5-6(20)8(22)10(24)9(23)7(5)21/h20-25,27-30H,1-4H3,(H,17,26). The van der Waals surface area contributed by atoms with Crippen molar-refractivity contribution in [2.75, 3.05) is 14.1 Å². The van der Waals surface area contributed by atoms with Gasteiger partial charge in [-0.05, 0) is 21.0 Å². The van der Waals surface area contributed by atoms with Crippen LogP contribution in [0.1, 0.15) is 18.2 Å². The number of benzene rings is 1. The van der Waals surface area contributed by atoms with Gasteiger partial charge in [0.1, 0.15) is 11.3 Å². The van der Waals surface area contributed by atoms with E-state index in [0.717, 1.165) is 21.1 Å². The lowest BCUT2D eigenvalue weighted by atomic mass is 9.96. The molecule has 0 saturated heterocycles. The topological polar surface area (TPSA) is 253 Å². The summed E-state index contributed by atoms with van der Waals surface area (Å²) >= 11 is 0. The lowest BCUT2D eigenvalue weighted by molar-refractivity contribution is -0.449. The first kappa shape index (κ1) is 24.1. The summed E-state index contributed by atoms with van der Waals surface area (Å²) in [6.45, 7) is 0.619. The molecule has 11 N–H and O–H groups in total. The molecule has 2 rings (SSSR count). The van der Waals surface area contributed by atoms with Crippen LogP contribution in [0.4, 0.5) is 0 Å². The Bertz CT molecular complexity index is 1040. The van der Waals surface area contributed by atoms with E-state index in [2.05, 4.69) is 0 Å². The number of hydrogen-bond acceptors (Lipinski definition) is 13. The summed E-state index contributed by atoms with van der Waals surface area (Å²) in [6.07, 6.45) is 0. The number of aromatic hydroxyl groups is 6. The Balaban J connectivity index is 2.99. The average molecular weight is 449 g/mol. The van der Waals surface area contributed by atoms with E-state index in [0.29, 0.717) is 16.5 Å². The second kappa shape index (κ2) is 7.19. The molecule has 1 heterocycles. The van der Waals surface area contributed by atoms with E-state index in [1.165, 1.54) is 0 Å². The lowest BCUT2D eigenvalue weighted by Crippen LogP contribution is -2.64. The van der Waals surface area contributed by atoms with Gasteiger partial charge in [-0.1, -0.05) is 0 Å². The van der Waals surface area contributed by atoms with Crippen LogP contribution >= 0.6 is 0 Å². The Morgan fingerprint density at radius 3 is 1.61 bits per heavy atom. The van der Waals surface area contributed by atoms with Crippen LogP contribution in [-0.4, -0.2) is 91.5 Å². The predicted molar refractivity (Wildman–Crippen MR) is 98.0 cm³/mol. The third-order valence-corrected chi connectivity index (χ3v) is 4.67. The van der Waals surface area contributed by atoms with Gasteiger partial charge in [-0.2, -0.15) is 0 Å². The van der Waals surface area contributed by atoms with E-state index in [-0.39, 0.29) is 0 Å². The van der Waals surface area contributed by atoms with E-state index in [9.17, 15) is 55.9 Å². The molecule has 0 saturated carbocycles. The fraction of sp³-hybridized carbons (Fsp3) is 0.438. The molecule has 2 aromatic rings. The second-order valence-electron chi connectivity index (χ2n) is 7.07. The fourth-order valence-corrected chi connectivity index (χ4v) is 2.91. The number of likely N-dealkylation sites (N-methyl/N-ethyl adjacent to an activating group) is 1. The highest BCUT2D eigenvalue weighted by Gasteiger charge is 2.57. The summed E-state index contributed by atoms with van der Waals surface area (Å²) in [5, 5.41) is 104. The van der Waals surface area contributed by atoms with Gasteiger partial charge in [0.2, 0.25) is 28.8 Å². The van der Waals surface area contributed by atoms with Crippen molar-refractivity contribution in [3.05, 3.63) is 21.6 Å². The maximum absolute atomic E-state index is 11.8. The van der Waals surface area contributed by atoms with E-state index in [1.54, 1.807) is 0 Å². The third kappa shape index (κ3) is 3.38. The summed E-state index contributed by atoms with van der Waals surface area (Å²) in [7, 11) is 3.19. The minimum Gasteiger partial charge on any atom is -0.504 e. The van der Waals surface area contributed by atoms with Crippen LogP contribution in [0, 0.1) is 0 Å². The highest BCUT2D eigenvalue weighted by atomic mass is 16.7. The van der Waals surface area contributed by atoms with Gasteiger partial charge >= 0.3 is 5.56 Å². The molecular formula is C16H23N3O12. The van der Waals surface area contributed by atoms with Crippen LogP contribution in [0.25, 0.3) is 0 Å². The Kier molecular flexibility index (Phi) is 5.58. The summed E-state index contributed by atoms with van der Waals surface area (Å²) in [5.74, 6) is -18.8. The number of nitrogens with one attached hydrogen (secondary N) is 1. The lowest BCUT2D eigenvalue weighted by Gasteiger charge is -2.44. The van der Waals surface area contributed by atoms with E-state index >= 15 is 0 Å². The van der Waals surface area contributed by atoms with Crippen molar-refractivity contribution in [3.8, 4) is 34.5 Å². The van der Waals surface area contributed by atoms with Gasteiger partial charge in [0.15, 0.2) is 11.5 Å². The second-order valence-corrected chi connectivity index (χ2v) is 7.07. The maximum Gasteiger partial charge on any atom is 0.306 e. The minimum atomic E-state index is -3.58. The van der Waals surface area contributed by atoms with Gasteiger partial charge in [-0.3, -0.25) is 19.5 Å². The molecule has 0 radical (unpaired) electrons. The SMILES string of the molecule is CN(C)C(O)(O)C(C)(O)OC(O)(c1c(O)c(O)c(O)c(O)c1O)c1c(O)c(=O)[nH]n1C. The summed E-state index contributed by atoms with van der Waals surface area (Å²) in [5.41, 5.74) is -3.64. The minimum absolute atomic E-state index is 0.611. The fourth-order valence-electron chi connectivity index (χ4n) is 2.91. The summed E-state index contributed by atoms with van der Waals surface area (Å²) < 4.78 is 5.63. The molecule has 0 aliphatic heterocycles. The molecule has 0 bridgehead atoms. The molecule has 15 nitrogen and oxygen atoms in total. The Morgan fingerprint density at radius 2 is 1.26 bits per heavy atom. The number of hydrogen-bond donors (Lipinski definition) is 11. The molecule has 174 valence electrons.